The van der Waals surface area contributed by atoms with E-state index in [4.69, 9.17) is 28.8 Å². The standard InChI is InChI=1S/C31H34O13/c32-18-19-40-25(33)14-6-8-16-27(35)43-30(38)23-12-4-5-13-24(23)31(39)44-28(36)17-9-7-15-26(34)41-20-21-42-29(37)22-10-2-1-3-11-22/h1-5,10-13,32H,6-9,14-21H2. The molecule has 44 heavy (non-hydrogen) atoms. The van der Waals surface area contributed by atoms with E-state index in [1.54, 1.807) is 30.3 Å². The normalized spacial score (nSPS) is 10.3. The van der Waals surface area contributed by atoms with Crippen molar-refractivity contribution in [1.29, 1.82) is 0 Å². The lowest BCUT2D eigenvalue weighted by Crippen LogP contribution is -2.19. The lowest BCUT2D eigenvalue weighted by atomic mass is 10.1. The number of carbonyl (C=O) groups is 7. The molecule has 0 unspecified atom stereocenters. The summed E-state index contributed by atoms with van der Waals surface area (Å²) < 4.78 is 24.3. The van der Waals surface area contributed by atoms with E-state index in [9.17, 15) is 33.6 Å². The first-order chi connectivity index (χ1) is 21.2. The van der Waals surface area contributed by atoms with Crippen LogP contribution in [0.2, 0.25) is 0 Å². The van der Waals surface area contributed by atoms with Crippen LogP contribution in [0.3, 0.4) is 0 Å². The Hall–Kier alpha value is -4.91. The Kier molecular flexibility index (Phi) is 16.1. The van der Waals surface area contributed by atoms with Gasteiger partial charge < -0.3 is 28.8 Å². The predicted molar refractivity (Wildman–Crippen MR) is 150 cm³/mol. The summed E-state index contributed by atoms with van der Waals surface area (Å²) in [5.74, 6) is -5.58. The van der Waals surface area contributed by atoms with Crippen molar-refractivity contribution in [3.05, 3.63) is 71.3 Å². The lowest BCUT2D eigenvalue weighted by molar-refractivity contribution is -0.145. The monoisotopic (exact) mass is 614 g/mol. The molecule has 0 saturated heterocycles. The zero-order valence-electron chi connectivity index (χ0n) is 24.0. The molecule has 2 aromatic carbocycles. The first kappa shape index (κ1) is 35.3. The number of aliphatic hydroxyl groups is 1. The van der Waals surface area contributed by atoms with Crippen molar-refractivity contribution in [3.8, 4) is 0 Å². The van der Waals surface area contributed by atoms with Crippen molar-refractivity contribution in [1.82, 2.24) is 0 Å². The fourth-order valence-corrected chi connectivity index (χ4v) is 3.59. The van der Waals surface area contributed by atoms with Crippen molar-refractivity contribution >= 4 is 41.8 Å². The molecule has 13 heteroatoms. The van der Waals surface area contributed by atoms with E-state index in [2.05, 4.69) is 0 Å². The van der Waals surface area contributed by atoms with Gasteiger partial charge in [-0.25, -0.2) is 14.4 Å². The maximum atomic E-state index is 12.5. The number of carbonyl (C=O) groups excluding carboxylic acids is 7. The third-order valence-corrected chi connectivity index (χ3v) is 5.75. The predicted octanol–water partition coefficient (Wildman–Crippen LogP) is 3.11. The highest BCUT2D eigenvalue weighted by Crippen LogP contribution is 2.14. The molecule has 0 radical (unpaired) electrons. The minimum atomic E-state index is -1.11. The van der Waals surface area contributed by atoms with Gasteiger partial charge in [-0.15, -0.1) is 0 Å². The highest BCUT2D eigenvalue weighted by molar-refractivity contribution is 6.07. The zero-order valence-corrected chi connectivity index (χ0v) is 24.0. The maximum absolute atomic E-state index is 12.5. The molecule has 236 valence electrons. The fraction of sp³-hybridized carbons (Fsp3) is 0.387. The van der Waals surface area contributed by atoms with E-state index in [0.717, 1.165) is 0 Å². The summed E-state index contributed by atoms with van der Waals surface area (Å²) in [6.07, 6.45) is 0.674. The van der Waals surface area contributed by atoms with E-state index in [-0.39, 0.29) is 82.5 Å². The summed E-state index contributed by atoms with van der Waals surface area (Å²) in [5, 5.41) is 8.62. The van der Waals surface area contributed by atoms with Crippen LogP contribution in [0.15, 0.2) is 54.6 Å². The number of benzene rings is 2. The van der Waals surface area contributed by atoms with Gasteiger partial charge in [-0.1, -0.05) is 30.3 Å². The number of unbranched alkanes of at least 4 members (excludes halogenated alkanes) is 2. The van der Waals surface area contributed by atoms with Gasteiger partial charge in [-0.2, -0.15) is 0 Å². The topological polar surface area (TPSA) is 186 Å². The second kappa shape index (κ2) is 20.1. The summed E-state index contributed by atoms with van der Waals surface area (Å²) in [6, 6.07) is 13.7. The second-order valence-corrected chi connectivity index (χ2v) is 9.15. The quantitative estimate of drug-likeness (QED) is 0.112. The van der Waals surface area contributed by atoms with Crippen molar-refractivity contribution < 1.29 is 62.4 Å². The SMILES string of the molecule is O=C(CCCCC(=O)OC(=O)c1ccccc1C(=O)OC(=O)CCCCC(=O)OCCOC(=O)c1ccccc1)OCCO. The van der Waals surface area contributed by atoms with Gasteiger partial charge in [0.1, 0.15) is 19.8 Å². The Morgan fingerprint density at radius 2 is 0.886 bits per heavy atom. The Morgan fingerprint density at radius 3 is 1.36 bits per heavy atom. The molecule has 13 nitrogen and oxygen atoms in total. The molecule has 0 aliphatic heterocycles. The van der Waals surface area contributed by atoms with Gasteiger partial charge in [0.2, 0.25) is 0 Å². The number of ether oxygens (including phenoxy) is 5. The van der Waals surface area contributed by atoms with Crippen LogP contribution < -0.4 is 0 Å². The molecule has 0 aliphatic carbocycles. The van der Waals surface area contributed by atoms with Crippen LogP contribution >= 0.6 is 0 Å². The average Bonchev–Trinajstić information content (AvgIpc) is 3.02. The van der Waals surface area contributed by atoms with E-state index in [0.29, 0.717) is 12.0 Å². The van der Waals surface area contributed by atoms with Gasteiger partial charge in [-0.3, -0.25) is 19.2 Å². The largest absolute Gasteiger partial charge is 0.463 e. The Bertz CT molecular complexity index is 1290. The number of esters is 7. The molecule has 0 aliphatic rings. The third-order valence-electron chi connectivity index (χ3n) is 5.75. The molecule has 0 saturated carbocycles. The van der Waals surface area contributed by atoms with Crippen molar-refractivity contribution in [2.24, 2.45) is 0 Å². The minimum Gasteiger partial charge on any atom is -0.463 e. The lowest BCUT2D eigenvalue weighted by Gasteiger charge is -2.08. The van der Waals surface area contributed by atoms with E-state index >= 15 is 0 Å². The molecule has 0 spiro atoms. The maximum Gasteiger partial charge on any atom is 0.346 e. The van der Waals surface area contributed by atoms with Gasteiger partial charge in [-0.05, 0) is 49.9 Å². The highest BCUT2D eigenvalue weighted by Gasteiger charge is 2.23. The van der Waals surface area contributed by atoms with Crippen LogP contribution in [0.5, 0.6) is 0 Å². The minimum absolute atomic E-state index is 0.00956. The molecule has 0 amide bonds. The van der Waals surface area contributed by atoms with Crippen LogP contribution in [-0.4, -0.2) is 73.3 Å². The smallest absolute Gasteiger partial charge is 0.346 e. The number of aliphatic hydroxyl groups excluding tert-OH is 1. The van der Waals surface area contributed by atoms with Crippen molar-refractivity contribution in [2.45, 2.75) is 51.4 Å². The van der Waals surface area contributed by atoms with Crippen LogP contribution in [0.1, 0.15) is 82.4 Å². The molecular weight excluding hydrogens is 580 g/mol. The first-order valence-electron chi connectivity index (χ1n) is 13.9. The van der Waals surface area contributed by atoms with Gasteiger partial charge in [0, 0.05) is 25.7 Å². The van der Waals surface area contributed by atoms with Crippen LogP contribution in [0.4, 0.5) is 0 Å². The first-order valence-corrected chi connectivity index (χ1v) is 13.9. The average molecular weight is 615 g/mol. The molecule has 2 aromatic rings. The molecule has 2 rings (SSSR count). The van der Waals surface area contributed by atoms with Crippen molar-refractivity contribution in [2.75, 3.05) is 26.4 Å². The van der Waals surface area contributed by atoms with E-state index in [1.807, 2.05) is 0 Å². The van der Waals surface area contributed by atoms with E-state index < -0.39 is 41.8 Å². The van der Waals surface area contributed by atoms with Crippen LogP contribution in [0, 0.1) is 0 Å². The van der Waals surface area contributed by atoms with Gasteiger partial charge in [0.05, 0.1) is 23.3 Å². The molecule has 0 aromatic heterocycles. The number of hydrogen-bond donors (Lipinski definition) is 1. The Morgan fingerprint density at radius 1 is 0.477 bits per heavy atom. The zero-order chi connectivity index (χ0) is 32.2. The summed E-state index contributed by atoms with van der Waals surface area (Å²) in [6.45, 7) is -0.634. The number of hydrogen-bond acceptors (Lipinski definition) is 13. The third kappa shape index (κ3) is 13.8. The second-order valence-electron chi connectivity index (χ2n) is 9.15. The molecule has 0 heterocycles. The van der Waals surface area contributed by atoms with Crippen LogP contribution in [0.25, 0.3) is 0 Å². The summed E-state index contributed by atoms with van der Waals surface area (Å²) in [5.41, 5.74) is -0.173. The van der Waals surface area contributed by atoms with E-state index in [1.165, 1.54) is 24.3 Å². The Labute approximate surface area is 253 Å². The summed E-state index contributed by atoms with van der Waals surface area (Å²) >= 11 is 0. The van der Waals surface area contributed by atoms with Crippen LogP contribution in [-0.2, 0) is 42.9 Å². The molecule has 0 fully saturated rings. The molecule has 0 bridgehead atoms. The Balaban J connectivity index is 1.66. The molecule has 0 atom stereocenters. The fourth-order valence-electron chi connectivity index (χ4n) is 3.59. The van der Waals surface area contributed by atoms with Gasteiger partial charge in [0.25, 0.3) is 0 Å². The summed E-state index contributed by atoms with van der Waals surface area (Å²) in [4.78, 5) is 84.3. The van der Waals surface area contributed by atoms with Gasteiger partial charge in [0.15, 0.2) is 0 Å². The molecular formula is C31H34O13. The highest BCUT2D eigenvalue weighted by atomic mass is 16.6. The molecule has 1 N–H and O–H groups in total. The van der Waals surface area contributed by atoms with Crippen molar-refractivity contribution in [3.63, 3.8) is 0 Å². The summed E-state index contributed by atoms with van der Waals surface area (Å²) in [7, 11) is 0. The van der Waals surface area contributed by atoms with Gasteiger partial charge >= 0.3 is 41.8 Å². The number of rotatable bonds is 18.